The van der Waals surface area contributed by atoms with Gasteiger partial charge in [-0.05, 0) is 51.1 Å². The Labute approximate surface area is 222 Å². The number of amides is 3. The molecule has 0 unspecified atom stereocenters. The summed E-state index contributed by atoms with van der Waals surface area (Å²) in [6.45, 7) is 5.90. The molecule has 0 radical (unpaired) electrons. The standard InChI is InChI=1S/C26H26FN5O7/c1-26(2,3)39-25(35)32(22-8-10-37-29-22)15-18-14-31(24(34)38-18)17-5-6-19(20(27)12-17)16-4-7-21(28-13-16)30-9-11-36-23(30)33/h4-8,10,12-13,18H,9,11,14-15H2,1-3H3/t18-/m1/s1. The van der Waals surface area contributed by atoms with Crippen molar-refractivity contribution in [2.24, 2.45) is 0 Å². The Morgan fingerprint density at radius 2 is 1.97 bits per heavy atom. The molecule has 2 aliphatic rings. The van der Waals surface area contributed by atoms with Crippen molar-refractivity contribution in [3.63, 3.8) is 0 Å². The quantitative estimate of drug-likeness (QED) is 0.413. The zero-order valence-corrected chi connectivity index (χ0v) is 21.5. The second-order valence-electron chi connectivity index (χ2n) is 9.90. The third-order valence-electron chi connectivity index (χ3n) is 5.94. The van der Waals surface area contributed by atoms with Gasteiger partial charge in [0, 0.05) is 23.4 Å². The van der Waals surface area contributed by atoms with Crippen molar-refractivity contribution in [1.82, 2.24) is 10.1 Å². The lowest BCUT2D eigenvalue weighted by Crippen LogP contribution is -2.42. The molecule has 0 bridgehead atoms. The molecule has 4 heterocycles. The Balaban J connectivity index is 1.29. The normalized spacial score (nSPS) is 17.3. The first-order valence-electron chi connectivity index (χ1n) is 12.2. The third kappa shape index (κ3) is 5.61. The van der Waals surface area contributed by atoms with Gasteiger partial charge in [-0.25, -0.2) is 23.8 Å². The Bertz CT molecular complexity index is 1370. The summed E-state index contributed by atoms with van der Waals surface area (Å²) < 4.78 is 35.9. The number of hydrogen-bond donors (Lipinski definition) is 0. The summed E-state index contributed by atoms with van der Waals surface area (Å²) >= 11 is 0. The van der Waals surface area contributed by atoms with Crippen LogP contribution in [-0.4, -0.2) is 66.4 Å². The first-order valence-corrected chi connectivity index (χ1v) is 12.2. The van der Waals surface area contributed by atoms with Gasteiger partial charge in [0.25, 0.3) is 0 Å². The molecule has 12 nitrogen and oxygen atoms in total. The van der Waals surface area contributed by atoms with Crippen LogP contribution in [0.5, 0.6) is 0 Å². The monoisotopic (exact) mass is 539 g/mol. The Morgan fingerprint density at radius 1 is 1.15 bits per heavy atom. The maximum absolute atomic E-state index is 15.2. The van der Waals surface area contributed by atoms with Crippen LogP contribution < -0.4 is 14.7 Å². The number of ether oxygens (including phenoxy) is 3. The van der Waals surface area contributed by atoms with E-state index in [0.29, 0.717) is 23.6 Å². The van der Waals surface area contributed by atoms with E-state index in [1.54, 1.807) is 39.0 Å². The van der Waals surface area contributed by atoms with Crippen LogP contribution in [0.4, 0.5) is 36.1 Å². The van der Waals surface area contributed by atoms with E-state index in [-0.39, 0.29) is 31.1 Å². The number of pyridine rings is 1. The molecule has 5 rings (SSSR count). The Hall–Kier alpha value is -4.68. The highest BCUT2D eigenvalue weighted by atomic mass is 19.1. The minimum Gasteiger partial charge on any atom is -0.447 e. The topological polar surface area (TPSA) is 128 Å². The number of hydrogen-bond acceptors (Lipinski definition) is 9. The van der Waals surface area contributed by atoms with E-state index in [1.165, 1.54) is 45.4 Å². The van der Waals surface area contributed by atoms with E-state index in [1.807, 2.05) is 0 Å². The summed E-state index contributed by atoms with van der Waals surface area (Å²) in [4.78, 5) is 45.4. The first-order chi connectivity index (χ1) is 18.6. The fourth-order valence-electron chi connectivity index (χ4n) is 4.17. The zero-order chi connectivity index (χ0) is 27.7. The zero-order valence-electron chi connectivity index (χ0n) is 21.5. The van der Waals surface area contributed by atoms with Crippen LogP contribution >= 0.6 is 0 Å². The van der Waals surface area contributed by atoms with Crippen molar-refractivity contribution in [3.8, 4) is 11.1 Å². The largest absolute Gasteiger partial charge is 0.447 e. The molecule has 3 amide bonds. The van der Waals surface area contributed by atoms with Crippen molar-refractivity contribution in [1.29, 1.82) is 0 Å². The maximum atomic E-state index is 15.2. The number of carbonyl (C=O) groups is 3. The molecule has 0 spiro atoms. The lowest BCUT2D eigenvalue weighted by molar-refractivity contribution is 0.0556. The average Bonchev–Trinajstić information content (AvgIpc) is 3.63. The highest BCUT2D eigenvalue weighted by Crippen LogP contribution is 2.30. The van der Waals surface area contributed by atoms with Gasteiger partial charge in [-0.1, -0.05) is 5.16 Å². The predicted octanol–water partition coefficient (Wildman–Crippen LogP) is 4.60. The van der Waals surface area contributed by atoms with E-state index in [2.05, 4.69) is 10.1 Å². The summed E-state index contributed by atoms with van der Waals surface area (Å²) in [5, 5.41) is 3.80. The molecule has 2 aromatic heterocycles. The highest BCUT2D eigenvalue weighted by Gasteiger charge is 2.37. The van der Waals surface area contributed by atoms with Crippen LogP contribution in [0.3, 0.4) is 0 Å². The molecule has 3 aromatic rings. The van der Waals surface area contributed by atoms with Gasteiger partial charge in [0.1, 0.15) is 36.2 Å². The van der Waals surface area contributed by atoms with Crippen LogP contribution in [0.15, 0.2) is 53.4 Å². The molecule has 1 aromatic carbocycles. The number of cyclic esters (lactones) is 2. The summed E-state index contributed by atoms with van der Waals surface area (Å²) in [5.41, 5.74) is 0.302. The minimum absolute atomic E-state index is 0.0488. The van der Waals surface area contributed by atoms with Gasteiger partial charge in [0.15, 0.2) is 5.82 Å². The molecule has 2 saturated heterocycles. The smallest absolute Gasteiger partial charge is 0.416 e. The van der Waals surface area contributed by atoms with Crippen molar-refractivity contribution in [3.05, 3.63) is 54.7 Å². The van der Waals surface area contributed by atoms with Crippen LogP contribution in [-0.2, 0) is 14.2 Å². The molecule has 2 aliphatic heterocycles. The van der Waals surface area contributed by atoms with Crippen molar-refractivity contribution < 1.29 is 37.5 Å². The number of halogens is 1. The lowest BCUT2D eigenvalue weighted by Gasteiger charge is -2.26. The number of aromatic nitrogens is 2. The van der Waals surface area contributed by atoms with E-state index in [4.69, 9.17) is 18.7 Å². The maximum Gasteiger partial charge on any atom is 0.416 e. The summed E-state index contributed by atoms with van der Waals surface area (Å²) in [6.07, 6.45) is 0.208. The molecule has 1 atom stereocenters. The van der Waals surface area contributed by atoms with E-state index >= 15 is 4.39 Å². The average molecular weight is 540 g/mol. The van der Waals surface area contributed by atoms with Crippen LogP contribution in [0, 0.1) is 5.82 Å². The van der Waals surface area contributed by atoms with Gasteiger partial charge in [0.2, 0.25) is 0 Å². The van der Waals surface area contributed by atoms with Gasteiger partial charge in [-0.2, -0.15) is 0 Å². The van der Waals surface area contributed by atoms with Crippen molar-refractivity contribution in [2.45, 2.75) is 32.5 Å². The fourth-order valence-corrected chi connectivity index (χ4v) is 4.17. The molecular weight excluding hydrogens is 513 g/mol. The van der Waals surface area contributed by atoms with Crippen LogP contribution in [0.25, 0.3) is 11.1 Å². The fraction of sp³-hybridized carbons (Fsp3) is 0.346. The van der Waals surface area contributed by atoms with Gasteiger partial charge in [-0.3, -0.25) is 14.7 Å². The van der Waals surface area contributed by atoms with Crippen LogP contribution in [0.2, 0.25) is 0 Å². The first kappa shape index (κ1) is 25.9. The third-order valence-corrected chi connectivity index (χ3v) is 5.94. The van der Waals surface area contributed by atoms with Gasteiger partial charge in [0.05, 0.1) is 25.3 Å². The molecule has 204 valence electrons. The number of carbonyl (C=O) groups excluding carboxylic acids is 3. The molecule has 0 aliphatic carbocycles. The van der Waals surface area contributed by atoms with E-state index in [0.717, 1.165) is 0 Å². The van der Waals surface area contributed by atoms with Gasteiger partial charge in [-0.15, -0.1) is 0 Å². The summed E-state index contributed by atoms with van der Waals surface area (Å²) in [7, 11) is 0. The lowest BCUT2D eigenvalue weighted by atomic mass is 10.1. The Kier molecular flexibility index (Phi) is 6.81. The molecular formula is C26H26FN5O7. The van der Waals surface area contributed by atoms with Crippen LogP contribution in [0.1, 0.15) is 20.8 Å². The summed E-state index contributed by atoms with van der Waals surface area (Å²) in [6, 6.07) is 9.12. The highest BCUT2D eigenvalue weighted by molar-refractivity contribution is 5.91. The van der Waals surface area contributed by atoms with Crippen molar-refractivity contribution in [2.75, 3.05) is 40.9 Å². The van der Waals surface area contributed by atoms with E-state index < -0.39 is 35.8 Å². The van der Waals surface area contributed by atoms with E-state index in [9.17, 15) is 14.4 Å². The molecule has 2 fully saturated rings. The second-order valence-corrected chi connectivity index (χ2v) is 9.90. The molecule has 0 N–H and O–H groups in total. The minimum atomic E-state index is -0.757. The number of nitrogens with zero attached hydrogens (tertiary/aromatic N) is 5. The van der Waals surface area contributed by atoms with Gasteiger partial charge < -0.3 is 18.7 Å². The number of rotatable bonds is 6. The molecule has 39 heavy (non-hydrogen) atoms. The predicted molar refractivity (Wildman–Crippen MR) is 136 cm³/mol. The Morgan fingerprint density at radius 3 is 2.59 bits per heavy atom. The SMILES string of the molecule is CC(C)(C)OC(=O)N(C[C@H]1CN(c2ccc(-c3ccc(N4CCOC4=O)nc3)c(F)c2)C(=O)O1)c1ccon1. The second kappa shape index (κ2) is 10.2. The molecule has 13 heteroatoms. The summed E-state index contributed by atoms with van der Waals surface area (Å²) in [5.74, 6) is 0.0439. The molecule has 0 saturated carbocycles. The number of benzene rings is 1. The number of anilines is 3. The van der Waals surface area contributed by atoms with Gasteiger partial charge >= 0.3 is 18.3 Å². The van der Waals surface area contributed by atoms with Crippen molar-refractivity contribution >= 4 is 35.6 Å².